The number of amides is 1. The molecule has 1 saturated carbocycles. The topological polar surface area (TPSA) is 49.8 Å². The second kappa shape index (κ2) is 8.37. The van der Waals surface area contributed by atoms with E-state index in [0.29, 0.717) is 17.2 Å². The van der Waals surface area contributed by atoms with E-state index in [1.54, 1.807) is 0 Å². The minimum atomic E-state index is -0.574. The van der Waals surface area contributed by atoms with Crippen LogP contribution in [0.4, 0.5) is 0 Å². The van der Waals surface area contributed by atoms with Crippen LogP contribution in [0.3, 0.4) is 0 Å². The molecule has 1 amide bonds. The molecule has 29 heavy (non-hydrogen) atoms. The lowest BCUT2D eigenvalue weighted by atomic mass is 9.83. The number of ether oxygens (including phenoxy) is 1. The zero-order valence-corrected chi connectivity index (χ0v) is 17.6. The number of nitrogens with zero attached hydrogens (tertiary/aromatic N) is 1. The van der Waals surface area contributed by atoms with Crippen LogP contribution < -0.4 is 4.74 Å². The van der Waals surface area contributed by atoms with Crippen LogP contribution in [-0.4, -0.2) is 34.1 Å². The molecule has 1 aliphatic heterocycles. The molecule has 1 N–H and O–H groups in total. The average Bonchev–Trinajstić information content (AvgIpc) is 3.05. The van der Waals surface area contributed by atoms with Gasteiger partial charge in [0.1, 0.15) is 11.5 Å². The number of likely N-dealkylation sites (tertiary alicyclic amines) is 1. The molecule has 1 unspecified atom stereocenters. The van der Waals surface area contributed by atoms with Gasteiger partial charge in [0.15, 0.2) is 0 Å². The van der Waals surface area contributed by atoms with Crippen molar-refractivity contribution in [1.29, 1.82) is 0 Å². The standard InChI is InChI=1S/C24H28ClNO3/c1-24(28)12-9-19(10-13-24)26-14-11-18(23(26)27)15-17-7-8-21(16-22(17)25)29-20-5-3-2-4-6-20/h2-8,16,18-19,28H,9-15H2,1H3. The first-order valence-corrected chi connectivity index (χ1v) is 10.8. The molecule has 4 nitrogen and oxygen atoms in total. The molecule has 2 aromatic carbocycles. The average molecular weight is 414 g/mol. The van der Waals surface area contributed by atoms with Crippen molar-refractivity contribution < 1.29 is 14.6 Å². The zero-order valence-electron chi connectivity index (χ0n) is 16.8. The summed E-state index contributed by atoms with van der Waals surface area (Å²) in [5.74, 6) is 1.68. The summed E-state index contributed by atoms with van der Waals surface area (Å²) < 4.78 is 5.84. The summed E-state index contributed by atoms with van der Waals surface area (Å²) in [5.41, 5.74) is 0.411. The van der Waals surface area contributed by atoms with Gasteiger partial charge < -0.3 is 14.7 Å². The van der Waals surface area contributed by atoms with Crippen LogP contribution in [-0.2, 0) is 11.2 Å². The van der Waals surface area contributed by atoms with Crippen LogP contribution >= 0.6 is 11.6 Å². The SMILES string of the molecule is CC1(O)CCC(N2CCC(Cc3ccc(Oc4ccccc4)cc3Cl)C2=O)CC1. The number of rotatable bonds is 5. The van der Waals surface area contributed by atoms with Gasteiger partial charge in [-0.1, -0.05) is 35.9 Å². The van der Waals surface area contributed by atoms with Gasteiger partial charge >= 0.3 is 0 Å². The fourth-order valence-corrected chi connectivity index (χ4v) is 4.75. The van der Waals surface area contributed by atoms with Crippen LogP contribution in [0.2, 0.25) is 5.02 Å². The van der Waals surface area contributed by atoms with Crippen molar-refractivity contribution in [2.45, 2.75) is 57.1 Å². The molecule has 5 heteroatoms. The third-order valence-corrected chi connectivity index (χ3v) is 6.65. The number of aliphatic hydroxyl groups is 1. The van der Waals surface area contributed by atoms with Crippen molar-refractivity contribution in [2.75, 3.05) is 6.54 Å². The molecule has 0 spiro atoms. The maximum absolute atomic E-state index is 13.0. The summed E-state index contributed by atoms with van der Waals surface area (Å²) in [7, 11) is 0. The van der Waals surface area contributed by atoms with E-state index in [-0.39, 0.29) is 17.9 Å². The minimum Gasteiger partial charge on any atom is -0.457 e. The molecule has 1 heterocycles. The first-order chi connectivity index (χ1) is 13.9. The molecule has 1 saturated heterocycles. The van der Waals surface area contributed by atoms with E-state index in [2.05, 4.69) is 0 Å². The monoisotopic (exact) mass is 413 g/mol. The highest BCUT2D eigenvalue weighted by Crippen LogP contribution is 2.35. The van der Waals surface area contributed by atoms with E-state index in [4.69, 9.17) is 16.3 Å². The molecule has 2 aromatic rings. The highest BCUT2D eigenvalue weighted by atomic mass is 35.5. The number of benzene rings is 2. The summed E-state index contributed by atoms with van der Waals surface area (Å²) in [5, 5.41) is 10.8. The second-order valence-electron chi connectivity index (χ2n) is 8.62. The molecule has 0 aromatic heterocycles. The Bertz CT molecular complexity index is 858. The fourth-order valence-electron chi connectivity index (χ4n) is 4.50. The Kier molecular flexibility index (Phi) is 5.84. The number of para-hydroxylation sites is 1. The van der Waals surface area contributed by atoms with Gasteiger partial charge in [-0.05, 0) is 75.3 Å². The Hall–Kier alpha value is -2.04. The molecule has 0 radical (unpaired) electrons. The summed E-state index contributed by atoms with van der Waals surface area (Å²) in [4.78, 5) is 15.0. The molecule has 0 bridgehead atoms. The highest BCUT2D eigenvalue weighted by molar-refractivity contribution is 6.31. The Morgan fingerprint density at radius 1 is 1.10 bits per heavy atom. The normalized spacial score (nSPS) is 27.3. The molecule has 1 atom stereocenters. The molecular weight excluding hydrogens is 386 g/mol. The summed E-state index contributed by atoms with van der Waals surface area (Å²) in [6.07, 6.45) is 4.83. The van der Waals surface area contributed by atoms with E-state index in [1.807, 2.05) is 60.4 Å². The van der Waals surface area contributed by atoms with Gasteiger partial charge in [0.2, 0.25) is 5.91 Å². The Morgan fingerprint density at radius 3 is 2.52 bits per heavy atom. The zero-order chi connectivity index (χ0) is 20.4. The first-order valence-electron chi connectivity index (χ1n) is 10.5. The van der Waals surface area contributed by atoms with Gasteiger partial charge in [0.25, 0.3) is 0 Å². The number of carbonyl (C=O) groups excluding carboxylic acids is 1. The van der Waals surface area contributed by atoms with Crippen molar-refractivity contribution in [2.24, 2.45) is 5.92 Å². The minimum absolute atomic E-state index is 0.0178. The molecule has 4 rings (SSSR count). The van der Waals surface area contributed by atoms with Gasteiger partial charge in [-0.15, -0.1) is 0 Å². The molecule has 1 aliphatic carbocycles. The molecule has 2 fully saturated rings. The van der Waals surface area contributed by atoms with E-state index in [0.717, 1.165) is 50.0 Å². The van der Waals surface area contributed by atoms with Crippen molar-refractivity contribution in [3.05, 3.63) is 59.1 Å². The lowest BCUT2D eigenvalue weighted by Gasteiger charge is -2.37. The molecule has 154 valence electrons. The van der Waals surface area contributed by atoms with Crippen molar-refractivity contribution in [3.8, 4) is 11.5 Å². The van der Waals surface area contributed by atoms with Gasteiger partial charge in [-0.25, -0.2) is 0 Å². The van der Waals surface area contributed by atoms with Crippen molar-refractivity contribution in [1.82, 2.24) is 4.90 Å². The third kappa shape index (κ3) is 4.76. The lowest BCUT2D eigenvalue weighted by molar-refractivity contribution is -0.134. The summed E-state index contributed by atoms with van der Waals surface area (Å²) >= 11 is 6.51. The maximum atomic E-state index is 13.0. The smallest absolute Gasteiger partial charge is 0.226 e. The fraction of sp³-hybridized carbons (Fsp3) is 0.458. The number of hydrogen-bond acceptors (Lipinski definition) is 3. The predicted octanol–water partition coefficient (Wildman–Crippen LogP) is 5.22. The van der Waals surface area contributed by atoms with E-state index >= 15 is 0 Å². The van der Waals surface area contributed by atoms with Gasteiger partial charge in [-0.2, -0.15) is 0 Å². The lowest BCUT2D eigenvalue weighted by Crippen LogP contribution is -2.43. The van der Waals surface area contributed by atoms with Gasteiger partial charge in [-0.3, -0.25) is 4.79 Å². The van der Waals surface area contributed by atoms with Crippen LogP contribution in [0.25, 0.3) is 0 Å². The number of carbonyl (C=O) groups is 1. The molecular formula is C24H28ClNO3. The quantitative estimate of drug-likeness (QED) is 0.731. The number of halogens is 1. The highest BCUT2D eigenvalue weighted by Gasteiger charge is 2.39. The maximum Gasteiger partial charge on any atom is 0.226 e. The third-order valence-electron chi connectivity index (χ3n) is 6.29. The second-order valence-corrected chi connectivity index (χ2v) is 9.03. The summed E-state index contributed by atoms with van der Waals surface area (Å²) in [6, 6.07) is 15.6. The Balaban J connectivity index is 1.37. The van der Waals surface area contributed by atoms with Crippen LogP contribution in [0, 0.1) is 5.92 Å². The van der Waals surface area contributed by atoms with Gasteiger partial charge in [0.05, 0.1) is 5.60 Å². The van der Waals surface area contributed by atoms with Gasteiger partial charge in [0, 0.05) is 23.5 Å². The Morgan fingerprint density at radius 2 is 1.83 bits per heavy atom. The van der Waals surface area contributed by atoms with E-state index in [1.165, 1.54) is 0 Å². The predicted molar refractivity (Wildman–Crippen MR) is 114 cm³/mol. The first kappa shape index (κ1) is 20.2. The molecule has 2 aliphatic rings. The van der Waals surface area contributed by atoms with Crippen molar-refractivity contribution in [3.63, 3.8) is 0 Å². The Labute approximate surface area is 177 Å². The van der Waals surface area contributed by atoms with E-state index in [9.17, 15) is 9.90 Å². The number of hydrogen-bond donors (Lipinski definition) is 1. The van der Waals surface area contributed by atoms with Crippen LogP contribution in [0.1, 0.15) is 44.6 Å². The van der Waals surface area contributed by atoms with E-state index < -0.39 is 5.60 Å². The van der Waals surface area contributed by atoms with Crippen LogP contribution in [0.5, 0.6) is 11.5 Å². The largest absolute Gasteiger partial charge is 0.457 e. The van der Waals surface area contributed by atoms with Crippen molar-refractivity contribution >= 4 is 17.5 Å². The van der Waals surface area contributed by atoms with Crippen LogP contribution in [0.15, 0.2) is 48.5 Å². The summed E-state index contributed by atoms with van der Waals surface area (Å²) in [6.45, 7) is 2.70.